The Balaban J connectivity index is 1.62. The van der Waals surface area contributed by atoms with Gasteiger partial charge in [0, 0.05) is 0 Å². The first-order chi connectivity index (χ1) is 8.79. The second-order valence-corrected chi connectivity index (χ2v) is 5.56. The number of ether oxygens (including phenoxy) is 1. The van der Waals surface area contributed by atoms with E-state index in [0.717, 1.165) is 19.3 Å². The average molecular weight is 311 g/mol. The molecular formula is C12H11BrN2O3. The van der Waals surface area contributed by atoms with Crippen molar-refractivity contribution in [2.75, 3.05) is 0 Å². The molecule has 94 valence electrons. The number of nitrogens with zero attached hydrogens (tertiary/aromatic N) is 2. The van der Waals surface area contributed by atoms with Crippen LogP contribution in [0, 0.1) is 0 Å². The molecule has 18 heavy (non-hydrogen) atoms. The fraction of sp³-hybridized carbons (Fsp3) is 0.500. The van der Waals surface area contributed by atoms with Crippen molar-refractivity contribution < 1.29 is 13.7 Å². The van der Waals surface area contributed by atoms with Crippen LogP contribution in [-0.4, -0.2) is 22.3 Å². The highest BCUT2D eigenvalue weighted by Gasteiger charge is 2.44. The molecule has 5 nitrogen and oxygen atoms in total. The smallest absolute Gasteiger partial charge is 0.238 e. The third-order valence-corrected chi connectivity index (χ3v) is 4.08. The van der Waals surface area contributed by atoms with Crippen LogP contribution in [0.4, 0.5) is 0 Å². The lowest BCUT2D eigenvalue weighted by Crippen LogP contribution is -2.14. The summed E-state index contributed by atoms with van der Waals surface area (Å²) in [7, 11) is 0. The molecule has 3 unspecified atom stereocenters. The van der Waals surface area contributed by atoms with Gasteiger partial charge in [-0.25, -0.2) is 0 Å². The van der Waals surface area contributed by atoms with Gasteiger partial charge in [0.05, 0.1) is 18.1 Å². The van der Waals surface area contributed by atoms with Gasteiger partial charge in [0.25, 0.3) is 0 Å². The summed E-state index contributed by atoms with van der Waals surface area (Å²) in [5, 5.41) is 3.97. The Kier molecular flexibility index (Phi) is 2.35. The van der Waals surface area contributed by atoms with Crippen LogP contribution in [0.15, 0.2) is 25.7 Å². The van der Waals surface area contributed by atoms with Crippen molar-refractivity contribution in [1.82, 2.24) is 10.1 Å². The van der Waals surface area contributed by atoms with E-state index in [1.807, 2.05) is 12.1 Å². The summed E-state index contributed by atoms with van der Waals surface area (Å²) >= 11 is 3.26. The molecule has 0 aliphatic carbocycles. The lowest BCUT2D eigenvalue weighted by molar-refractivity contribution is 0.0974. The number of aromatic nitrogens is 2. The molecule has 0 radical (unpaired) electrons. The Labute approximate surface area is 112 Å². The molecular weight excluding hydrogens is 300 g/mol. The zero-order valence-electron chi connectivity index (χ0n) is 9.51. The van der Waals surface area contributed by atoms with Crippen LogP contribution in [0.1, 0.15) is 31.1 Å². The minimum absolute atomic E-state index is 0.253. The molecule has 2 aliphatic heterocycles. The molecule has 2 saturated heterocycles. The second kappa shape index (κ2) is 3.93. The lowest BCUT2D eigenvalue weighted by Gasteiger charge is -2.13. The van der Waals surface area contributed by atoms with Crippen molar-refractivity contribution >= 4 is 15.9 Å². The van der Waals surface area contributed by atoms with Crippen molar-refractivity contribution in [1.29, 1.82) is 0 Å². The van der Waals surface area contributed by atoms with Gasteiger partial charge in [-0.15, -0.1) is 0 Å². The summed E-state index contributed by atoms with van der Waals surface area (Å²) in [5.41, 5.74) is 0. The number of hydrogen-bond acceptors (Lipinski definition) is 5. The van der Waals surface area contributed by atoms with E-state index in [4.69, 9.17) is 13.7 Å². The molecule has 0 N–H and O–H groups in total. The molecule has 2 aliphatic rings. The van der Waals surface area contributed by atoms with Gasteiger partial charge in [-0.2, -0.15) is 4.98 Å². The summed E-state index contributed by atoms with van der Waals surface area (Å²) in [6, 6.07) is 3.63. The van der Waals surface area contributed by atoms with Gasteiger partial charge >= 0.3 is 0 Å². The molecule has 2 aromatic heterocycles. The quantitative estimate of drug-likeness (QED) is 0.852. The number of halogens is 1. The normalized spacial score (nSPS) is 30.2. The maximum Gasteiger partial charge on any atom is 0.238 e. The van der Waals surface area contributed by atoms with E-state index in [1.54, 1.807) is 0 Å². The van der Waals surface area contributed by atoms with E-state index in [9.17, 15) is 0 Å². The van der Waals surface area contributed by atoms with E-state index in [1.165, 1.54) is 0 Å². The van der Waals surface area contributed by atoms with E-state index in [0.29, 0.717) is 28.2 Å². The third-order valence-electron chi connectivity index (χ3n) is 3.66. The molecule has 2 aromatic rings. The molecule has 0 saturated carbocycles. The molecule has 0 spiro atoms. The molecule has 4 rings (SSSR count). The molecule has 0 aromatic carbocycles. The van der Waals surface area contributed by atoms with Crippen LogP contribution >= 0.6 is 15.9 Å². The Morgan fingerprint density at radius 2 is 2.22 bits per heavy atom. The highest BCUT2D eigenvalue weighted by atomic mass is 79.9. The van der Waals surface area contributed by atoms with Gasteiger partial charge in [0.1, 0.15) is 0 Å². The molecule has 2 fully saturated rings. The van der Waals surface area contributed by atoms with Gasteiger partial charge in [0.2, 0.25) is 11.7 Å². The van der Waals surface area contributed by atoms with Crippen LogP contribution in [0.3, 0.4) is 0 Å². The topological polar surface area (TPSA) is 61.3 Å². The molecule has 6 heteroatoms. The molecule has 0 amide bonds. The largest absolute Gasteiger partial charge is 0.446 e. The number of hydrogen-bond donors (Lipinski definition) is 0. The lowest BCUT2D eigenvalue weighted by atomic mass is 9.89. The second-order valence-electron chi connectivity index (χ2n) is 4.78. The van der Waals surface area contributed by atoms with Gasteiger partial charge < -0.3 is 13.7 Å². The summed E-state index contributed by atoms with van der Waals surface area (Å²) < 4.78 is 17.2. The molecule has 4 heterocycles. The van der Waals surface area contributed by atoms with Crippen molar-refractivity contribution in [3.63, 3.8) is 0 Å². The Hall–Kier alpha value is -1.14. The van der Waals surface area contributed by atoms with Crippen LogP contribution < -0.4 is 0 Å². The molecule has 3 atom stereocenters. The minimum atomic E-state index is 0.253. The van der Waals surface area contributed by atoms with Gasteiger partial charge in [0.15, 0.2) is 10.4 Å². The monoisotopic (exact) mass is 310 g/mol. The minimum Gasteiger partial charge on any atom is -0.446 e. The first kappa shape index (κ1) is 10.8. The highest BCUT2D eigenvalue weighted by Crippen LogP contribution is 2.44. The zero-order chi connectivity index (χ0) is 12.1. The average Bonchev–Trinajstić information content (AvgIpc) is 3.12. The van der Waals surface area contributed by atoms with Crippen molar-refractivity contribution in [3.8, 4) is 11.6 Å². The van der Waals surface area contributed by atoms with Crippen molar-refractivity contribution in [2.24, 2.45) is 0 Å². The van der Waals surface area contributed by atoms with Crippen molar-refractivity contribution in [3.05, 3.63) is 22.7 Å². The van der Waals surface area contributed by atoms with E-state index in [2.05, 4.69) is 26.1 Å². The predicted octanol–water partition coefficient (Wildman–Crippen LogP) is 3.13. The fourth-order valence-electron chi connectivity index (χ4n) is 2.82. The SMILES string of the molecule is Brc1ccc(-c2noc(C3CC4CCC3O4)n2)o1. The highest BCUT2D eigenvalue weighted by molar-refractivity contribution is 9.10. The van der Waals surface area contributed by atoms with Crippen LogP contribution in [0.5, 0.6) is 0 Å². The van der Waals surface area contributed by atoms with Crippen LogP contribution in [0.25, 0.3) is 11.6 Å². The first-order valence-electron chi connectivity index (χ1n) is 6.04. The Morgan fingerprint density at radius 3 is 2.89 bits per heavy atom. The van der Waals surface area contributed by atoms with Gasteiger partial charge in [-0.1, -0.05) is 5.16 Å². The molecule has 2 bridgehead atoms. The predicted molar refractivity (Wildman–Crippen MR) is 65.0 cm³/mol. The van der Waals surface area contributed by atoms with Gasteiger partial charge in [-0.3, -0.25) is 0 Å². The summed E-state index contributed by atoms with van der Waals surface area (Å²) in [6.45, 7) is 0. The van der Waals surface area contributed by atoms with Crippen molar-refractivity contribution in [2.45, 2.75) is 37.4 Å². The number of fused-ring (bicyclic) bond motifs is 2. The van der Waals surface area contributed by atoms with E-state index < -0.39 is 0 Å². The van der Waals surface area contributed by atoms with Crippen LogP contribution in [-0.2, 0) is 4.74 Å². The van der Waals surface area contributed by atoms with Crippen LogP contribution in [0.2, 0.25) is 0 Å². The Morgan fingerprint density at radius 1 is 1.28 bits per heavy atom. The van der Waals surface area contributed by atoms with E-state index >= 15 is 0 Å². The Bertz CT molecular complexity index is 579. The third kappa shape index (κ3) is 1.63. The maximum absolute atomic E-state index is 5.80. The van der Waals surface area contributed by atoms with Gasteiger partial charge in [-0.05, 0) is 47.3 Å². The standard InChI is InChI=1S/C12H11BrN2O3/c13-10-4-3-9(17-10)11-14-12(18-15-11)7-5-6-1-2-8(7)16-6/h3-4,6-8H,1-2,5H2. The zero-order valence-corrected chi connectivity index (χ0v) is 11.1. The number of furan rings is 1. The summed E-state index contributed by atoms with van der Waals surface area (Å²) in [5.74, 6) is 2.03. The summed E-state index contributed by atoms with van der Waals surface area (Å²) in [6.07, 6.45) is 3.89. The van der Waals surface area contributed by atoms with E-state index in [-0.39, 0.29) is 12.0 Å². The summed E-state index contributed by atoms with van der Waals surface area (Å²) in [4.78, 5) is 4.42. The first-order valence-corrected chi connectivity index (χ1v) is 6.83. The maximum atomic E-state index is 5.80. The fourth-order valence-corrected chi connectivity index (χ4v) is 3.12. The number of rotatable bonds is 2.